The van der Waals surface area contributed by atoms with Crippen LogP contribution < -0.4 is 0 Å². The molecule has 3 rings (SSSR count). The van der Waals surface area contributed by atoms with Crippen molar-refractivity contribution in [1.82, 2.24) is 4.90 Å². The second-order valence-corrected chi connectivity index (χ2v) is 4.91. The molecule has 1 aromatic rings. The molecule has 0 spiro atoms. The molecular formula is C16H17NO. The van der Waals surface area contributed by atoms with Crippen molar-refractivity contribution in [3.63, 3.8) is 0 Å². The van der Waals surface area contributed by atoms with Crippen LogP contribution in [0.3, 0.4) is 0 Å². The Labute approximate surface area is 108 Å². The van der Waals surface area contributed by atoms with Gasteiger partial charge in [-0.2, -0.15) is 0 Å². The molecule has 0 N–H and O–H groups in total. The zero-order valence-corrected chi connectivity index (χ0v) is 10.4. The van der Waals surface area contributed by atoms with Crippen molar-refractivity contribution in [3.8, 4) is 0 Å². The van der Waals surface area contributed by atoms with Gasteiger partial charge < -0.3 is 4.90 Å². The van der Waals surface area contributed by atoms with Crippen LogP contribution in [0.15, 0.2) is 53.6 Å². The van der Waals surface area contributed by atoms with Crippen molar-refractivity contribution in [2.45, 2.75) is 25.8 Å². The molecule has 2 aliphatic rings. The number of hydrogen-bond donors (Lipinski definition) is 0. The van der Waals surface area contributed by atoms with Crippen molar-refractivity contribution in [2.24, 2.45) is 0 Å². The topological polar surface area (TPSA) is 20.3 Å². The Hall–Kier alpha value is -1.83. The Morgan fingerprint density at radius 2 is 1.94 bits per heavy atom. The molecule has 1 amide bonds. The fraction of sp³-hybridized carbons (Fsp3) is 0.312. The third-order valence-electron chi connectivity index (χ3n) is 3.68. The molecule has 92 valence electrons. The average molecular weight is 239 g/mol. The molecule has 0 saturated heterocycles. The number of allylic oxidation sites excluding steroid dienone is 2. The molecule has 0 aromatic heterocycles. The third kappa shape index (κ3) is 2.10. The van der Waals surface area contributed by atoms with Crippen LogP contribution in [0.1, 0.15) is 24.8 Å². The molecule has 0 atom stereocenters. The van der Waals surface area contributed by atoms with Crippen LogP contribution in [0.2, 0.25) is 0 Å². The van der Waals surface area contributed by atoms with E-state index in [0.29, 0.717) is 0 Å². The zero-order valence-electron chi connectivity index (χ0n) is 10.4. The minimum absolute atomic E-state index is 0.240. The molecule has 1 aliphatic heterocycles. The number of benzene rings is 1. The molecule has 2 nitrogen and oxygen atoms in total. The first-order valence-electron chi connectivity index (χ1n) is 6.56. The first-order valence-corrected chi connectivity index (χ1v) is 6.56. The predicted molar refractivity (Wildman–Crippen MR) is 71.9 cm³/mol. The molecule has 18 heavy (non-hydrogen) atoms. The molecule has 1 heterocycles. The molecule has 0 bridgehead atoms. The molecule has 2 heteroatoms. The maximum absolute atomic E-state index is 12.4. The van der Waals surface area contributed by atoms with Crippen LogP contribution >= 0.6 is 0 Å². The minimum atomic E-state index is 0.240. The van der Waals surface area contributed by atoms with E-state index in [2.05, 4.69) is 24.3 Å². The molecule has 0 fully saturated rings. The summed E-state index contributed by atoms with van der Waals surface area (Å²) < 4.78 is 0. The SMILES string of the molecule is O=C1C2=C(C=CCC2)CCN1Cc1ccccc1. The molecule has 0 unspecified atom stereocenters. The zero-order chi connectivity index (χ0) is 12.4. The van der Waals surface area contributed by atoms with E-state index >= 15 is 0 Å². The van der Waals surface area contributed by atoms with E-state index in [-0.39, 0.29) is 5.91 Å². The van der Waals surface area contributed by atoms with E-state index in [1.165, 1.54) is 11.1 Å². The van der Waals surface area contributed by atoms with Crippen LogP contribution in [0.4, 0.5) is 0 Å². The Morgan fingerprint density at radius 3 is 2.78 bits per heavy atom. The highest BCUT2D eigenvalue weighted by atomic mass is 16.2. The van der Waals surface area contributed by atoms with Crippen LogP contribution in [0, 0.1) is 0 Å². The lowest BCUT2D eigenvalue weighted by Gasteiger charge is -2.31. The summed E-state index contributed by atoms with van der Waals surface area (Å²) in [5.41, 5.74) is 3.51. The summed E-state index contributed by atoms with van der Waals surface area (Å²) in [6.45, 7) is 1.58. The van der Waals surface area contributed by atoms with Gasteiger partial charge in [0.05, 0.1) is 0 Å². The summed E-state index contributed by atoms with van der Waals surface area (Å²) in [4.78, 5) is 14.4. The number of carbonyl (C=O) groups excluding carboxylic acids is 1. The second-order valence-electron chi connectivity index (χ2n) is 4.91. The fourth-order valence-electron chi connectivity index (χ4n) is 2.70. The van der Waals surface area contributed by atoms with Gasteiger partial charge in [0.2, 0.25) is 5.91 Å². The van der Waals surface area contributed by atoms with E-state index in [9.17, 15) is 4.79 Å². The highest BCUT2D eigenvalue weighted by Gasteiger charge is 2.26. The van der Waals surface area contributed by atoms with Crippen LogP contribution in [-0.2, 0) is 11.3 Å². The van der Waals surface area contributed by atoms with Crippen molar-refractivity contribution in [2.75, 3.05) is 6.54 Å². The monoisotopic (exact) mass is 239 g/mol. The van der Waals surface area contributed by atoms with E-state index in [1.54, 1.807) is 0 Å². The Morgan fingerprint density at radius 1 is 1.11 bits per heavy atom. The summed E-state index contributed by atoms with van der Waals surface area (Å²) in [7, 11) is 0. The second kappa shape index (κ2) is 4.81. The van der Waals surface area contributed by atoms with E-state index in [1.807, 2.05) is 23.1 Å². The minimum Gasteiger partial charge on any atom is -0.334 e. The molecule has 1 aromatic carbocycles. The van der Waals surface area contributed by atoms with Gasteiger partial charge in [0.1, 0.15) is 0 Å². The van der Waals surface area contributed by atoms with Crippen molar-refractivity contribution in [1.29, 1.82) is 0 Å². The summed E-state index contributed by atoms with van der Waals surface area (Å²) in [5.74, 6) is 0.240. The van der Waals surface area contributed by atoms with Crippen molar-refractivity contribution in [3.05, 3.63) is 59.2 Å². The van der Waals surface area contributed by atoms with E-state index in [0.717, 1.165) is 37.9 Å². The van der Waals surface area contributed by atoms with Crippen LogP contribution in [-0.4, -0.2) is 17.4 Å². The van der Waals surface area contributed by atoms with Gasteiger partial charge in [-0.3, -0.25) is 4.79 Å². The Balaban J connectivity index is 1.78. The number of carbonyl (C=O) groups is 1. The number of amides is 1. The standard InChI is InChI=1S/C16H17NO/c18-16-15-9-5-4-8-14(15)10-11-17(16)12-13-6-2-1-3-7-13/h1-4,6-8H,5,9-12H2. The lowest BCUT2D eigenvalue weighted by atomic mass is 9.91. The number of hydrogen-bond acceptors (Lipinski definition) is 1. The molecule has 1 aliphatic carbocycles. The largest absolute Gasteiger partial charge is 0.334 e. The third-order valence-corrected chi connectivity index (χ3v) is 3.68. The van der Waals surface area contributed by atoms with Gasteiger partial charge in [-0.25, -0.2) is 0 Å². The summed E-state index contributed by atoms with van der Waals surface area (Å²) in [6, 6.07) is 10.2. The maximum Gasteiger partial charge on any atom is 0.250 e. The van der Waals surface area contributed by atoms with Crippen molar-refractivity contribution < 1.29 is 4.79 Å². The first kappa shape index (κ1) is 11.3. The van der Waals surface area contributed by atoms with Gasteiger partial charge in [-0.05, 0) is 30.4 Å². The molecule has 0 saturated carbocycles. The maximum atomic E-state index is 12.4. The lowest BCUT2D eigenvalue weighted by molar-refractivity contribution is -0.128. The quantitative estimate of drug-likeness (QED) is 0.776. The molecule has 0 radical (unpaired) electrons. The van der Waals surface area contributed by atoms with Gasteiger partial charge in [-0.1, -0.05) is 42.5 Å². The highest BCUT2D eigenvalue weighted by Crippen LogP contribution is 2.28. The van der Waals surface area contributed by atoms with Gasteiger partial charge in [0, 0.05) is 18.7 Å². The van der Waals surface area contributed by atoms with Gasteiger partial charge >= 0.3 is 0 Å². The van der Waals surface area contributed by atoms with Gasteiger partial charge in [0.25, 0.3) is 0 Å². The lowest BCUT2D eigenvalue weighted by Crippen LogP contribution is -2.37. The van der Waals surface area contributed by atoms with E-state index < -0.39 is 0 Å². The number of nitrogens with zero attached hydrogens (tertiary/aromatic N) is 1. The predicted octanol–water partition coefficient (Wildman–Crippen LogP) is 3.07. The molecular weight excluding hydrogens is 222 g/mol. The van der Waals surface area contributed by atoms with Crippen LogP contribution in [0.5, 0.6) is 0 Å². The highest BCUT2D eigenvalue weighted by molar-refractivity contribution is 5.96. The first-order chi connectivity index (χ1) is 8.84. The fourth-order valence-corrected chi connectivity index (χ4v) is 2.70. The normalized spacial score (nSPS) is 19.1. The van der Waals surface area contributed by atoms with Crippen molar-refractivity contribution >= 4 is 5.91 Å². The van der Waals surface area contributed by atoms with Gasteiger partial charge in [-0.15, -0.1) is 0 Å². The summed E-state index contributed by atoms with van der Waals surface area (Å²) >= 11 is 0. The summed E-state index contributed by atoms with van der Waals surface area (Å²) in [5, 5.41) is 0. The Kier molecular flexibility index (Phi) is 3.01. The Bertz CT molecular complexity index is 513. The summed E-state index contributed by atoms with van der Waals surface area (Å²) in [6.07, 6.45) is 7.24. The van der Waals surface area contributed by atoms with E-state index in [4.69, 9.17) is 0 Å². The van der Waals surface area contributed by atoms with Crippen LogP contribution in [0.25, 0.3) is 0 Å². The number of rotatable bonds is 2. The average Bonchev–Trinajstić information content (AvgIpc) is 2.43. The van der Waals surface area contributed by atoms with Gasteiger partial charge in [0.15, 0.2) is 0 Å². The smallest absolute Gasteiger partial charge is 0.250 e.